The molecule has 0 heterocycles. The molecule has 0 bridgehead atoms. The molecular formula is C15H22BrNO4S. The Kier molecular flexibility index (Phi) is 6.18. The molecule has 7 heteroatoms. The largest absolute Gasteiger partial charge is 0.459 e. The normalized spacial score (nSPS) is 14.0. The third-order valence-electron chi connectivity index (χ3n) is 2.73. The van der Waals surface area contributed by atoms with Crippen LogP contribution in [0, 0.1) is 5.92 Å². The average molecular weight is 392 g/mol. The highest BCUT2D eigenvalue weighted by molar-refractivity contribution is 9.10. The van der Waals surface area contributed by atoms with E-state index in [1.54, 1.807) is 46.8 Å². The van der Waals surface area contributed by atoms with Crippen LogP contribution in [0.2, 0.25) is 0 Å². The molecule has 0 saturated carbocycles. The van der Waals surface area contributed by atoms with E-state index in [1.165, 1.54) is 12.1 Å². The highest BCUT2D eigenvalue weighted by Gasteiger charge is 2.32. The number of halogens is 1. The highest BCUT2D eigenvalue weighted by atomic mass is 79.9. The fourth-order valence-corrected chi connectivity index (χ4v) is 3.27. The smallest absolute Gasteiger partial charge is 0.324 e. The molecule has 1 aromatic carbocycles. The number of carbonyl (C=O) groups excluding carboxylic acids is 1. The van der Waals surface area contributed by atoms with Crippen molar-refractivity contribution in [3.8, 4) is 0 Å². The summed E-state index contributed by atoms with van der Waals surface area (Å²) in [7, 11) is -3.79. The van der Waals surface area contributed by atoms with Crippen molar-refractivity contribution in [1.82, 2.24) is 4.72 Å². The molecule has 0 saturated heterocycles. The van der Waals surface area contributed by atoms with Gasteiger partial charge in [0.05, 0.1) is 4.90 Å². The number of benzene rings is 1. The molecule has 0 aliphatic heterocycles. The second-order valence-corrected chi connectivity index (χ2v) is 8.96. The Morgan fingerprint density at radius 2 is 1.68 bits per heavy atom. The molecular weight excluding hydrogens is 370 g/mol. The lowest BCUT2D eigenvalue weighted by Gasteiger charge is -2.26. The summed E-state index contributed by atoms with van der Waals surface area (Å²) < 4.78 is 33.3. The van der Waals surface area contributed by atoms with Crippen molar-refractivity contribution < 1.29 is 17.9 Å². The maximum atomic E-state index is 12.4. The van der Waals surface area contributed by atoms with E-state index in [4.69, 9.17) is 4.74 Å². The maximum Gasteiger partial charge on any atom is 0.324 e. The lowest BCUT2D eigenvalue weighted by Crippen LogP contribution is -2.47. The molecule has 0 unspecified atom stereocenters. The van der Waals surface area contributed by atoms with Gasteiger partial charge >= 0.3 is 5.97 Å². The number of sulfonamides is 1. The Hall–Kier alpha value is -0.920. The molecule has 1 atom stereocenters. The van der Waals surface area contributed by atoms with Gasteiger partial charge in [-0.15, -0.1) is 0 Å². The fraction of sp³-hybridized carbons (Fsp3) is 0.533. The number of hydrogen-bond donors (Lipinski definition) is 1. The Morgan fingerprint density at radius 1 is 1.18 bits per heavy atom. The highest BCUT2D eigenvalue weighted by Crippen LogP contribution is 2.18. The third kappa shape index (κ3) is 5.70. The van der Waals surface area contributed by atoms with Crippen LogP contribution >= 0.6 is 15.9 Å². The predicted octanol–water partition coefficient (Wildman–Crippen LogP) is 3.09. The lowest BCUT2D eigenvalue weighted by atomic mass is 10.1. The summed E-state index contributed by atoms with van der Waals surface area (Å²) in [4.78, 5) is 12.3. The van der Waals surface area contributed by atoms with Gasteiger partial charge in [-0.1, -0.05) is 29.8 Å². The van der Waals surface area contributed by atoms with Crippen LogP contribution in [0.3, 0.4) is 0 Å². The topological polar surface area (TPSA) is 72.5 Å². The second kappa shape index (κ2) is 7.10. The molecule has 0 aliphatic carbocycles. The fourth-order valence-electron chi connectivity index (χ4n) is 1.67. The van der Waals surface area contributed by atoms with E-state index >= 15 is 0 Å². The van der Waals surface area contributed by atoms with Gasteiger partial charge < -0.3 is 4.74 Å². The predicted molar refractivity (Wildman–Crippen MR) is 88.9 cm³/mol. The molecule has 0 amide bonds. The first kappa shape index (κ1) is 19.1. The summed E-state index contributed by atoms with van der Waals surface area (Å²) in [6.45, 7) is 8.75. The van der Waals surface area contributed by atoms with Gasteiger partial charge in [-0.2, -0.15) is 4.72 Å². The zero-order chi connectivity index (χ0) is 17.1. The summed E-state index contributed by atoms with van der Waals surface area (Å²) in [5.41, 5.74) is -0.673. The van der Waals surface area contributed by atoms with E-state index in [-0.39, 0.29) is 10.8 Å². The number of hydrogen-bond acceptors (Lipinski definition) is 4. The summed E-state index contributed by atoms with van der Waals surface area (Å²) in [5.74, 6) is -0.816. The van der Waals surface area contributed by atoms with Gasteiger partial charge in [-0.3, -0.25) is 4.79 Å². The van der Waals surface area contributed by atoms with Crippen molar-refractivity contribution in [2.75, 3.05) is 0 Å². The van der Waals surface area contributed by atoms with E-state index < -0.39 is 27.6 Å². The van der Waals surface area contributed by atoms with E-state index in [0.29, 0.717) is 0 Å². The zero-order valence-corrected chi connectivity index (χ0v) is 15.8. The zero-order valence-electron chi connectivity index (χ0n) is 13.4. The van der Waals surface area contributed by atoms with Crippen molar-refractivity contribution >= 4 is 31.9 Å². The molecule has 1 rings (SSSR count). The van der Waals surface area contributed by atoms with Crippen molar-refractivity contribution in [1.29, 1.82) is 0 Å². The van der Waals surface area contributed by atoms with Crippen LogP contribution in [0.5, 0.6) is 0 Å². The van der Waals surface area contributed by atoms with Crippen LogP contribution in [-0.4, -0.2) is 26.0 Å². The Bertz CT molecular complexity index is 618. The number of carbonyl (C=O) groups is 1. The SMILES string of the molecule is CC(C)[C@H](NS(=O)(=O)c1ccc(Br)cc1)C(=O)OC(C)(C)C. The third-order valence-corrected chi connectivity index (χ3v) is 4.72. The van der Waals surface area contributed by atoms with Crippen LogP contribution in [0.25, 0.3) is 0 Å². The standard InChI is InChI=1S/C15H22BrNO4S/c1-10(2)13(14(18)21-15(3,4)5)17-22(19,20)12-8-6-11(16)7-9-12/h6-10,13,17H,1-5H3/t13-/m0/s1. The Morgan fingerprint density at radius 3 is 2.09 bits per heavy atom. The Balaban J connectivity index is 3.00. The second-order valence-electron chi connectivity index (χ2n) is 6.33. The number of ether oxygens (including phenoxy) is 1. The van der Waals surface area contributed by atoms with Crippen LogP contribution in [0.15, 0.2) is 33.6 Å². The first-order valence-electron chi connectivity index (χ1n) is 6.93. The van der Waals surface area contributed by atoms with Crippen molar-refractivity contribution in [2.24, 2.45) is 5.92 Å². The van der Waals surface area contributed by atoms with Crippen molar-refractivity contribution in [2.45, 2.75) is 51.2 Å². The van der Waals surface area contributed by atoms with Gasteiger partial charge in [0.2, 0.25) is 10.0 Å². The number of nitrogens with one attached hydrogen (secondary N) is 1. The van der Waals surface area contributed by atoms with Crippen molar-refractivity contribution in [3.05, 3.63) is 28.7 Å². The molecule has 5 nitrogen and oxygen atoms in total. The van der Waals surface area contributed by atoms with Gasteiger partial charge in [0.1, 0.15) is 11.6 Å². The molecule has 1 N–H and O–H groups in total. The van der Waals surface area contributed by atoms with Gasteiger partial charge in [0, 0.05) is 4.47 Å². The molecule has 22 heavy (non-hydrogen) atoms. The van der Waals surface area contributed by atoms with E-state index in [1.807, 2.05) is 0 Å². The van der Waals surface area contributed by atoms with Gasteiger partial charge in [-0.05, 0) is 51.0 Å². The van der Waals surface area contributed by atoms with Crippen molar-refractivity contribution in [3.63, 3.8) is 0 Å². The minimum Gasteiger partial charge on any atom is -0.459 e. The van der Waals surface area contributed by atoms with Crippen LogP contribution in [-0.2, 0) is 19.6 Å². The maximum absolute atomic E-state index is 12.4. The van der Waals surface area contributed by atoms with Gasteiger partial charge in [0.25, 0.3) is 0 Å². The Labute approximate surface area is 140 Å². The van der Waals surface area contributed by atoms with Crippen LogP contribution in [0.1, 0.15) is 34.6 Å². The number of esters is 1. The quantitative estimate of drug-likeness (QED) is 0.782. The monoisotopic (exact) mass is 391 g/mol. The lowest BCUT2D eigenvalue weighted by molar-refractivity contribution is -0.158. The first-order chi connectivity index (χ1) is 9.92. The molecule has 124 valence electrons. The molecule has 1 aromatic rings. The van der Waals surface area contributed by atoms with Crippen LogP contribution in [0.4, 0.5) is 0 Å². The number of rotatable bonds is 5. The molecule has 0 aliphatic rings. The summed E-state index contributed by atoms with van der Waals surface area (Å²) in [5, 5.41) is 0. The minimum atomic E-state index is -3.79. The van der Waals surface area contributed by atoms with Crippen LogP contribution < -0.4 is 4.72 Å². The summed E-state index contributed by atoms with van der Waals surface area (Å²) in [6.07, 6.45) is 0. The minimum absolute atomic E-state index is 0.102. The molecule has 0 spiro atoms. The van der Waals surface area contributed by atoms with E-state index in [9.17, 15) is 13.2 Å². The molecule has 0 radical (unpaired) electrons. The molecule has 0 fully saturated rings. The van der Waals surface area contributed by atoms with E-state index in [0.717, 1.165) is 4.47 Å². The first-order valence-corrected chi connectivity index (χ1v) is 9.21. The van der Waals surface area contributed by atoms with E-state index in [2.05, 4.69) is 20.7 Å². The van der Waals surface area contributed by atoms with Gasteiger partial charge in [0.15, 0.2) is 0 Å². The summed E-state index contributed by atoms with van der Waals surface area (Å²) in [6, 6.07) is 5.27. The summed E-state index contributed by atoms with van der Waals surface area (Å²) >= 11 is 3.25. The molecule has 0 aromatic heterocycles. The average Bonchev–Trinajstić information content (AvgIpc) is 2.34. The van der Waals surface area contributed by atoms with Gasteiger partial charge in [-0.25, -0.2) is 8.42 Å².